The first-order valence-electron chi connectivity index (χ1n) is 24.3. The van der Waals surface area contributed by atoms with Gasteiger partial charge in [-0.05, 0) is 117 Å². The van der Waals surface area contributed by atoms with Gasteiger partial charge in [-0.3, -0.25) is 0 Å². The van der Waals surface area contributed by atoms with Crippen molar-refractivity contribution in [3.8, 4) is 39.1 Å². The average Bonchev–Trinajstić information content (AvgIpc) is 3.79. The number of nitrogens with zero attached hydrogens (tertiary/aromatic N) is 3. The molecule has 0 saturated carbocycles. The lowest BCUT2D eigenvalue weighted by Gasteiger charge is -2.27. The first kappa shape index (κ1) is 41.7. The van der Waals surface area contributed by atoms with E-state index in [1.54, 1.807) is 0 Å². The molecule has 334 valence electrons. The maximum Gasteiger partial charge on any atom is 0.0568 e. The van der Waals surface area contributed by atoms with Crippen molar-refractivity contribution in [2.24, 2.45) is 0 Å². The van der Waals surface area contributed by atoms with Gasteiger partial charge < -0.3 is 14.4 Å². The molecule has 71 heavy (non-hydrogen) atoms. The van der Waals surface area contributed by atoms with Gasteiger partial charge in [0.15, 0.2) is 0 Å². The van der Waals surface area contributed by atoms with E-state index in [0.29, 0.717) is 0 Å². The Kier molecular flexibility index (Phi) is 10.5. The Morgan fingerprint density at radius 1 is 0.225 bits per heavy atom. The summed E-state index contributed by atoms with van der Waals surface area (Å²) >= 11 is 0. The van der Waals surface area contributed by atoms with Gasteiger partial charge in [0.25, 0.3) is 0 Å². The van der Waals surface area contributed by atoms with E-state index in [2.05, 4.69) is 299 Å². The molecule has 1 aromatic heterocycles. The molecule has 0 N–H and O–H groups in total. The van der Waals surface area contributed by atoms with Crippen LogP contribution in [0.3, 0.4) is 0 Å². The molecular weight excluding hydrogens is 859 g/mol. The standard InChI is InChI=1S/C68H47N3/c1-6-20-48(21-7-1)51-34-40-56(41-35-51)69(54-26-12-4-13-27-54)63-46-65-67(61-32-18-16-30-59(61)63)68-62-33-19-17-31-60(62)64(47-66(68)71(65)58-44-38-53(39-45-58)50-24-10-3-11-25-50)70(55-28-14-5-15-29-55)57-42-36-52(37-43-57)49-22-8-2-9-23-49/h1-47H. The van der Waals surface area contributed by atoms with Crippen LogP contribution in [0.1, 0.15) is 0 Å². The van der Waals surface area contributed by atoms with Gasteiger partial charge in [-0.15, -0.1) is 0 Å². The van der Waals surface area contributed by atoms with Crippen molar-refractivity contribution in [3.05, 3.63) is 285 Å². The van der Waals surface area contributed by atoms with Crippen molar-refractivity contribution < 1.29 is 0 Å². The second kappa shape index (κ2) is 17.9. The fraction of sp³-hybridized carbons (Fsp3) is 0. The third kappa shape index (κ3) is 7.49. The van der Waals surface area contributed by atoms with Gasteiger partial charge in [0.2, 0.25) is 0 Å². The molecule has 0 atom stereocenters. The lowest BCUT2D eigenvalue weighted by molar-refractivity contribution is 1.18. The quantitative estimate of drug-likeness (QED) is 0.135. The highest BCUT2D eigenvalue weighted by Crippen LogP contribution is 2.50. The van der Waals surface area contributed by atoms with Crippen LogP contribution in [0, 0.1) is 0 Å². The molecule has 0 bridgehead atoms. The van der Waals surface area contributed by atoms with E-state index in [1.165, 1.54) is 65.7 Å². The summed E-state index contributed by atoms with van der Waals surface area (Å²) in [5, 5.41) is 7.18. The SMILES string of the molecule is c1ccc(-c2ccc(N(c3ccccc3)c3cc4c(c5ccccc35)c3c5ccccc5c(N(c5ccccc5)c5ccc(-c6ccccc6)cc5)cc3n4-c3ccc(-c4ccccc4)cc3)cc2)cc1. The molecule has 1 heterocycles. The van der Waals surface area contributed by atoms with Crippen LogP contribution >= 0.6 is 0 Å². The van der Waals surface area contributed by atoms with Crippen LogP contribution in [0.15, 0.2) is 285 Å². The number of para-hydroxylation sites is 2. The summed E-state index contributed by atoms with van der Waals surface area (Å²) in [4.78, 5) is 4.85. The van der Waals surface area contributed by atoms with E-state index >= 15 is 0 Å². The Morgan fingerprint density at radius 3 is 0.845 bits per heavy atom. The Labute approximate surface area is 414 Å². The van der Waals surface area contributed by atoms with Gasteiger partial charge in [-0.2, -0.15) is 0 Å². The summed E-state index contributed by atoms with van der Waals surface area (Å²) in [5.74, 6) is 0. The van der Waals surface area contributed by atoms with Gasteiger partial charge in [-0.25, -0.2) is 0 Å². The molecule has 13 aromatic rings. The van der Waals surface area contributed by atoms with Crippen molar-refractivity contribution in [1.29, 1.82) is 0 Å². The topological polar surface area (TPSA) is 11.4 Å². The first-order chi connectivity index (χ1) is 35.2. The van der Waals surface area contributed by atoms with Crippen LogP contribution in [0.25, 0.3) is 82.4 Å². The number of hydrogen-bond donors (Lipinski definition) is 0. The van der Waals surface area contributed by atoms with Crippen molar-refractivity contribution in [2.75, 3.05) is 9.80 Å². The van der Waals surface area contributed by atoms with Crippen LogP contribution in [0.2, 0.25) is 0 Å². The van der Waals surface area contributed by atoms with Crippen LogP contribution < -0.4 is 9.80 Å². The molecule has 0 aliphatic carbocycles. The zero-order chi connectivity index (χ0) is 47.1. The third-order valence-electron chi connectivity index (χ3n) is 13.9. The van der Waals surface area contributed by atoms with Crippen molar-refractivity contribution in [2.45, 2.75) is 0 Å². The van der Waals surface area contributed by atoms with Gasteiger partial charge in [0.1, 0.15) is 0 Å². The fourth-order valence-corrected chi connectivity index (χ4v) is 10.6. The molecule has 0 unspecified atom stereocenters. The smallest absolute Gasteiger partial charge is 0.0568 e. The second-order valence-corrected chi connectivity index (χ2v) is 18.1. The zero-order valence-electron chi connectivity index (χ0n) is 39.0. The number of aromatic nitrogens is 1. The lowest BCUT2D eigenvalue weighted by atomic mass is 9.96. The molecule has 13 rings (SSSR count). The predicted octanol–water partition coefficient (Wildman–Crippen LogP) is 19.0. The monoisotopic (exact) mass is 905 g/mol. The normalized spacial score (nSPS) is 11.4. The van der Waals surface area contributed by atoms with Gasteiger partial charge >= 0.3 is 0 Å². The molecule has 0 aliphatic heterocycles. The molecule has 0 amide bonds. The van der Waals surface area contributed by atoms with Gasteiger partial charge in [-0.1, -0.05) is 212 Å². The minimum Gasteiger partial charge on any atom is -0.310 e. The number of fused-ring (bicyclic) bond motifs is 7. The summed E-state index contributed by atoms with van der Waals surface area (Å²) in [6.45, 7) is 0. The minimum atomic E-state index is 1.08. The highest BCUT2D eigenvalue weighted by atomic mass is 15.2. The molecule has 0 saturated heterocycles. The minimum absolute atomic E-state index is 1.08. The summed E-state index contributed by atoms with van der Waals surface area (Å²) in [7, 11) is 0. The Morgan fingerprint density at radius 2 is 0.493 bits per heavy atom. The van der Waals surface area contributed by atoms with Crippen LogP contribution in [0.4, 0.5) is 34.1 Å². The molecular formula is C68H47N3. The second-order valence-electron chi connectivity index (χ2n) is 18.1. The lowest BCUT2D eigenvalue weighted by Crippen LogP contribution is -2.11. The largest absolute Gasteiger partial charge is 0.310 e. The Balaban J connectivity index is 1.11. The van der Waals surface area contributed by atoms with Crippen LogP contribution in [-0.2, 0) is 0 Å². The molecule has 0 radical (unpaired) electrons. The van der Waals surface area contributed by atoms with E-state index in [1.807, 2.05) is 0 Å². The van der Waals surface area contributed by atoms with Gasteiger partial charge in [0, 0.05) is 50.0 Å². The fourth-order valence-electron chi connectivity index (χ4n) is 10.6. The Bertz CT molecular complexity index is 3760. The van der Waals surface area contributed by atoms with E-state index in [-0.39, 0.29) is 0 Å². The summed E-state index contributed by atoms with van der Waals surface area (Å²) < 4.78 is 2.51. The summed E-state index contributed by atoms with van der Waals surface area (Å²) in [6, 6.07) is 103. The van der Waals surface area contributed by atoms with E-state index in [9.17, 15) is 0 Å². The molecule has 12 aromatic carbocycles. The zero-order valence-corrected chi connectivity index (χ0v) is 39.0. The van der Waals surface area contributed by atoms with Gasteiger partial charge in [0.05, 0.1) is 22.4 Å². The first-order valence-corrected chi connectivity index (χ1v) is 24.3. The van der Waals surface area contributed by atoms with E-state index in [0.717, 1.165) is 50.8 Å². The number of hydrogen-bond acceptors (Lipinski definition) is 2. The van der Waals surface area contributed by atoms with Crippen molar-refractivity contribution in [1.82, 2.24) is 4.57 Å². The summed E-state index contributed by atoms with van der Waals surface area (Å²) in [6.07, 6.45) is 0. The van der Waals surface area contributed by atoms with Crippen molar-refractivity contribution >= 4 is 77.5 Å². The number of anilines is 6. The van der Waals surface area contributed by atoms with E-state index < -0.39 is 0 Å². The number of rotatable bonds is 10. The molecule has 3 nitrogen and oxygen atoms in total. The summed E-state index contributed by atoms with van der Waals surface area (Å²) in [5.41, 5.74) is 17.0. The van der Waals surface area contributed by atoms with Crippen LogP contribution in [-0.4, -0.2) is 4.57 Å². The Hall–Kier alpha value is -9.44. The third-order valence-corrected chi connectivity index (χ3v) is 13.9. The highest BCUT2D eigenvalue weighted by molar-refractivity contribution is 6.32. The average molecular weight is 906 g/mol. The highest BCUT2D eigenvalue weighted by Gasteiger charge is 2.26. The molecule has 0 fully saturated rings. The number of benzene rings is 12. The predicted molar refractivity (Wildman–Crippen MR) is 301 cm³/mol. The molecule has 3 heteroatoms. The van der Waals surface area contributed by atoms with E-state index in [4.69, 9.17) is 0 Å². The maximum absolute atomic E-state index is 2.51. The maximum atomic E-state index is 2.51. The van der Waals surface area contributed by atoms with Crippen LogP contribution in [0.5, 0.6) is 0 Å². The molecule has 0 aliphatic rings. The van der Waals surface area contributed by atoms with Crippen molar-refractivity contribution in [3.63, 3.8) is 0 Å². The molecule has 0 spiro atoms.